The molecule has 0 saturated carbocycles. The maximum absolute atomic E-state index is 10.0. The van der Waals surface area contributed by atoms with Gasteiger partial charge in [-0.1, -0.05) is 37.3 Å². The highest BCUT2D eigenvalue weighted by Crippen LogP contribution is 2.23. The highest BCUT2D eigenvalue weighted by molar-refractivity contribution is 5.25. The van der Waals surface area contributed by atoms with Crippen LogP contribution in [0, 0.1) is 0 Å². The molecular formula is C17H30N2O2. The molecule has 0 aliphatic carbocycles. The van der Waals surface area contributed by atoms with E-state index < -0.39 is 5.54 Å². The van der Waals surface area contributed by atoms with Crippen molar-refractivity contribution in [2.75, 3.05) is 40.5 Å². The van der Waals surface area contributed by atoms with Gasteiger partial charge in [0.2, 0.25) is 0 Å². The van der Waals surface area contributed by atoms with Crippen LogP contribution in [-0.2, 0) is 10.3 Å². The number of nitrogens with one attached hydrogen (secondary N) is 1. The standard InChI is InChI=1S/C17H30N2O2/c1-5-15(2)19(11-12-21-4)13-17(14-20,18-3)16-9-7-6-8-10-16/h6-10,15,18,20H,5,11-14H2,1-4H3. The largest absolute Gasteiger partial charge is 0.394 e. The second kappa shape index (κ2) is 9.15. The molecule has 0 fully saturated rings. The molecular weight excluding hydrogens is 264 g/mol. The van der Waals surface area contributed by atoms with Crippen LogP contribution >= 0.6 is 0 Å². The number of aliphatic hydroxyl groups excluding tert-OH is 1. The summed E-state index contributed by atoms with van der Waals surface area (Å²) in [7, 11) is 3.64. The first-order valence-electron chi connectivity index (χ1n) is 7.71. The number of nitrogens with zero attached hydrogens (tertiary/aromatic N) is 1. The van der Waals surface area contributed by atoms with E-state index in [2.05, 4.69) is 36.2 Å². The van der Waals surface area contributed by atoms with Crippen molar-refractivity contribution < 1.29 is 9.84 Å². The monoisotopic (exact) mass is 294 g/mol. The molecule has 2 unspecified atom stereocenters. The fraction of sp³-hybridized carbons (Fsp3) is 0.647. The zero-order valence-corrected chi connectivity index (χ0v) is 13.8. The molecule has 1 rings (SSSR count). The molecule has 21 heavy (non-hydrogen) atoms. The lowest BCUT2D eigenvalue weighted by molar-refractivity contribution is 0.0675. The van der Waals surface area contributed by atoms with Gasteiger partial charge in [0.1, 0.15) is 0 Å². The third-order valence-corrected chi connectivity index (χ3v) is 4.34. The second-order valence-corrected chi connectivity index (χ2v) is 5.58. The van der Waals surface area contributed by atoms with Crippen molar-refractivity contribution in [3.63, 3.8) is 0 Å². The SMILES string of the molecule is CCC(C)N(CCOC)CC(CO)(NC)c1ccccc1. The van der Waals surface area contributed by atoms with Gasteiger partial charge in [-0.15, -0.1) is 0 Å². The molecule has 0 aliphatic heterocycles. The number of likely N-dealkylation sites (N-methyl/N-ethyl adjacent to an activating group) is 1. The summed E-state index contributed by atoms with van der Waals surface area (Å²) in [5.41, 5.74) is 0.666. The van der Waals surface area contributed by atoms with Crippen LogP contribution in [0.25, 0.3) is 0 Å². The number of methoxy groups -OCH3 is 1. The van der Waals surface area contributed by atoms with E-state index in [1.54, 1.807) is 7.11 Å². The Kier molecular flexibility index (Phi) is 7.89. The second-order valence-electron chi connectivity index (χ2n) is 5.58. The van der Waals surface area contributed by atoms with Crippen LogP contribution in [-0.4, -0.2) is 56.5 Å². The highest BCUT2D eigenvalue weighted by Gasteiger charge is 2.33. The summed E-state index contributed by atoms with van der Waals surface area (Å²) in [4.78, 5) is 2.38. The van der Waals surface area contributed by atoms with Gasteiger partial charge in [0, 0.05) is 26.2 Å². The first-order chi connectivity index (χ1) is 10.1. The Morgan fingerprint density at radius 2 is 2.00 bits per heavy atom. The van der Waals surface area contributed by atoms with Gasteiger partial charge in [-0.25, -0.2) is 0 Å². The van der Waals surface area contributed by atoms with Crippen LogP contribution in [0.5, 0.6) is 0 Å². The van der Waals surface area contributed by atoms with Gasteiger partial charge in [0.05, 0.1) is 18.8 Å². The third kappa shape index (κ3) is 4.78. The molecule has 2 N–H and O–H groups in total. The van der Waals surface area contributed by atoms with Gasteiger partial charge in [0.25, 0.3) is 0 Å². The molecule has 0 heterocycles. The number of rotatable bonds is 10. The fourth-order valence-electron chi connectivity index (χ4n) is 2.56. The van der Waals surface area contributed by atoms with E-state index in [1.807, 2.05) is 25.2 Å². The maximum Gasteiger partial charge on any atom is 0.0795 e. The van der Waals surface area contributed by atoms with Crippen LogP contribution in [0.3, 0.4) is 0 Å². The molecule has 0 spiro atoms. The first-order valence-corrected chi connectivity index (χ1v) is 7.71. The normalized spacial score (nSPS) is 15.9. The summed E-state index contributed by atoms with van der Waals surface area (Å²) in [6.07, 6.45) is 1.07. The van der Waals surface area contributed by atoms with Crippen molar-refractivity contribution in [2.45, 2.75) is 31.8 Å². The quantitative estimate of drug-likeness (QED) is 0.691. The van der Waals surface area contributed by atoms with Crippen LogP contribution in [0.15, 0.2) is 30.3 Å². The molecule has 1 aromatic rings. The Labute approximate surface area is 129 Å². The number of benzene rings is 1. The van der Waals surface area contributed by atoms with E-state index in [9.17, 15) is 5.11 Å². The summed E-state index contributed by atoms with van der Waals surface area (Å²) in [5, 5.41) is 13.4. The molecule has 4 heteroatoms. The minimum Gasteiger partial charge on any atom is -0.394 e. The number of aliphatic hydroxyl groups is 1. The topological polar surface area (TPSA) is 44.7 Å². The molecule has 1 aromatic carbocycles. The lowest BCUT2D eigenvalue weighted by atomic mass is 9.89. The van der Waals surface area contributed by atoms with E-state index in [0.29, 0.717) is 12.6 Å². The van der Waals surface area contributed by atoms with E-state index in [1.165, 1.54) is 0 Å². The number of hydrogen-bond acceptors (Lipinski definition) is 4. The third-order valence-electron chi connectivity index (χ3n) is 4.34. The predicted molar refractivity (Wildman–Crippen MR) is 87.5 cm³/mol. The van der Waals surface area contributed by atoms with Crippen LogP contribution < -0.4 is 5.32 Å². The molecule has 0 radical (unpaired) electrons. The molecule has 0 aromatic heterocycles. The smallest absolute Gasteiger partial charge is 0.0795 e. The summed E-state index contributed by atoms with van der Waals surface area (Å²) in [6.45, 7) is 6.79. The average Bonchev–Trinajstić information content (AvgIpc) is 2.56. The average molecular weight is 294 g/mol. The molecule has 0 amide bonds. The van der Waals surface area contributed by atoms with Crippen molar-refractivity contribution in [2.24, 2.45) is 0 Å². The fourth-order valence-corrected chi connectivity index (χ4v) is 2.56. The summed E-state index contributed by atoms with van der Waals surface area (Å²) < 4.78 is 5.23. The molecule has 2 atom stereocenters. The lowest BCUT2D eigenvalue weighted by Crippen LogP contribution is -2.54. The van der Waals surface area contributed by atoms with Crippen LogP contribution in [0.2, 0.25) is 0 Å². The van der Waals surface area contributed by atoms with Gasteiger partial charge in [-0.3, -0.25) is 4.90 Å². The molecule has 120 valence electrons. The number of hydrogen-bond donors (Lipinski definition) is 2. The van der Waals surface area contributed by atoms with E-state index in [-0.39, 0.29) is 6.61 Å². The van der Waals surface area contributed by atoms with E-state index >= 15 is 0 Å². The van der Waals surface area contributed by atoms with Crippen LogP contribution in [0.1, 0.15) is 25.8 Å². The number of ether oxygens (including phenoxy) is 1. The van der Waals surface area contributed by atoms with E-state index in [0.717, 1.165) is 25.1 Å². The van der Waals surface area contributed by atoms with Gasteiger partial charge in [-0.2, -0.15) is 0 Å². The molecule has 4 nitrogen and oxygen atoms in total. The first kappa shape index (κ1) is 18.1. The van der Waals surface area contributed by atoms with Crippen molar-refractivity contribution in [1.82, 2.24) is 10.2 Å². The van der Waals surface area contributed by atoms with Crippen molar-refractivity contribution in [3.8, 4) is 0 Å². The highest BCUT2D eigenvalue weighted by atomic mass is 16.5. The Morgan fingerprint density at radius 1 is 1.33 bits per heavy atom. The van der Waals surface area contributed by atoms with Crippen molar-refractivity contribution in [3.05, 3.63) is 35.9 Å². The summed E-state index contributed by atoms with van der Waals surface area (Å²) >= 11 is 0. The zero-order valence-electron chi connectivity index (χ0n) is 13.8. The Hall–Kier alpha value is -0.940. The predicted octanol–water partition coefficient (Wildman–Crippen LogP) is 1.84. The molecule has 0 bridgehead atoms. The Balaban J connectivity index is 2.98. The molecule has 0 aliphatic rings. The van der Waals surface area contributed by atoms with Gasteiger partial charge in [-0.05, 0) is 26.0 Å². The minimum atomic E-state index is -0.446. The lowest BCUT2D eigenvalue weighted by Gasteiger charge is -2.40. The van der Waals surface area contributed by atoms with Gasteiger partial charge in [0.15, 0.2) is 0 Å². The Morgan fingerprint density at radius 3 is 2.48 bits per heavy atom. The van der Waals surface area contributed by atoms with E-state index in [4.69, 9.17) is 4.74 Å². The Bertz CT molecular complexity index is 380. The van der Waals surface area contributed by atoms with Gasteiger partial charge >= 0.3 is 0 Å². The van der Waals surface area contributed by atoms with Crippen LogP contribution in [0.4, 0.5) is 0 Å². The summed E-state index contributed by atoms with van der Waals surface area (Å²) in [6, 6.07) is 10.6. The van der Waals surface area contributed by atoms with Gasteiger partial charge < -0.3 is 15.2 Å². The minimum absolute atomic E-state index is 0.0629. The van der Waals surface area contributed by atoms with Crippen molar-refractivity contribution in [1.29, 1.82) is 0 Å². The maximum atomic E-state index is 10.0. The zero-order chi connectivity index (χ0) is 15.7. The van der Waals surface area contributed by atoms with Crippen molar-refractivity contribution >= 4 is 0 Å². The summed E-state index contributed by atoms with van der Waals surface area (Å²) in [5.74, 6) is 0. The molecule has 0 saturated heterocycles.